The second kappa shape index (κ2) is 5.95. The summed E-state index contributed by atoms with van der Waals surface area (Å²) in [7, 11) is 3.46. The summed E-state index contributed by atoms with van der Waals surface area (Å²) >= 11 is 0. The molecule has 2 rings (SSSR count). The summed E-state index contributed by atoms with van der Waals surface area (Å²) in [6.07, 6.45) is 0.171. The normalized spacial score (nSPS) is 12.3. The number of benzene rings is 1. The van der Waals surface area contributed by atoms with Crippen molar-refractivity contribution in [2.24, 2.45) is 13.0 Å². The van der Waals surface area contributed by atoms with Crippen molar-refractivity contribution in [2.75, 3.05) is 13.6 Å². The Hall–Kier alpha value is -2.37. The Kier molecular flexibility index (Phi) is 4.26. The fraction of sp³-hybridized carbons (Fsp3) is 0.400. The maximum atomic E-state index is 12.2. The van der Waals surface area contributed by atoms with Crippen molar-refractivity contribution in [1.29, 1.82) is 0 Å². The van der Waals surface area contributed by atoms with Gasteiger partial charge in [0.1, 0.15) is 0 Å². The largest absolute Gasteiger partial charge is 0.481 e. The van der Waals surface area contributed by atoms with Gasteiger partial charge in [-0.05, 0) is 6.07 Å². The zero-order valence-electron chi connectivity index (χ0n) is 12.4. The first-order valence-electron chi connectivity index (χ1n) is 6.77. The number of para-hydroxylation sites is 1. The van der Waals surface area contributed by atoms with Crippen LogP contribution in [0.5, 0.6) is 0 Å². The van der Waals surface area contributed by atoms with Gasteiger partial charge in [-0.3, -0.25) is 14.3 Å². The van der Waals surface area contributed by atoms with Gasteiger partial charge >= 0.3 is 5.97 Å². The van der Waals surface area contributed by atoms with Gasteiger partial charge in [0.25, 0.3) is 0 Å². The summed E-state index contributed by atoms with van der Waals surface area (Å²) in [5.74, 6) is -1.62. The Morgan fingerprint density at radius 2 is 2.05 bits per heavy atom. The molecule has 0 saturated heterocycles. The number of nitrogens with zero attached hydrogens (tertiary/aromatic N) is 3. The number of likely N-dealkylation sites (N-methyl/N-ethyl adjacent to an activating group) is 1. The second-order valence-electron chi connectivity index (χ2n) is 5.28. The van der Waals surface area contributed by atoms with Crippen LogP contribution in [0.15, 0.2) is 24.3 Å². The molecule has 1 atom stereocenters. The van der Waals surface area contributed by atoms with Crippen molar-refractivity contribution in [3.63, 3.8) is 0 Å². The number of carbonyl (C=O) groups is 2. The monoisotopic (exact) mass is 289 g/mol. The molecule has 21 heavy (non-hydrogen) atoms. The number of amides is 1. The number of carboxylic acid groups (broad SMARTS) is 1. The number of carboxylic acids is 1. The van der Waals surface area contributed by atoms with Crippen LogP contribution in [0.25, 0.3) is 10.9 Å². The quantitative estimate of drug-likeness (QED) is 0.900. The molecule has 1 aromatic heterocycles. The minimum atomic E-state index is -0.905. The molecule has 0 aliphatic heterocycles. The summed E-state index contributed by atoms with van der Waals surface area (Å²) < 4.78 is 1.75. The molecule has 0 radical (unpaired) electrons. The van der Waals surface area contributed by atoms with Gasteiger partial charge < -0.3 is 10.0 Å². The van der Waals surface area contributed by atoms with Crippen molar-refractivity contribution in [3.8, 4) is 0 Å². The van der Waals surface area contributed by atoms with E-state index in [-0.39, 0.29) is 18.9 Å². The second-order valence-corrected chi connectivity index (χ2v) is 5.28. The molecule has 0 fully saturated rings. The summed E-state index contributed by atoms with van der Waals surface area (Å²) in [5, 5.41) is 14.2. The average Bonchev–Trinajstić information content (AvgIpc) is 2.75. The van der Waals surface area contributed by atoms with Crippen molar-refractivity contribution >= 4 is 22.8 Å². The van der Waals surface area contributed by atoms with Crippen LogP contribution in [0.2, 0.25) is 0 Å². The van der Waals surface area contributed by atoms with Crippen LogP contribution < -0.4 is 0 Å². The summed E-state index contributed by atoms with van der Waals surface area (Å²) in [6, 6.07) is 7.72. The third-order valence-corrected chi connectivity index (χ3v) is 3.55. The number of hydrogen-bond donors (Lipinski definition) is 1. The number of carbonyl (C=O) groups excluding carboxylic acids is 1. The van der Waals surface area contributed by atoms with Crippen molar-refractivity contribution in [3.05, 3.63) is 30.0 Å². The SMILES string of the molecule is CC(CN(C)C(=O)Cc1nn(C)c2ccccc12)C(=O)O. The first kappa shape index (κ1) is 15.0. The first-order chi connectivity index (χ1) is 9.90. The van der Waals surface area contributed by atoms with Crippen LogP contribution in [0.1, 0.15) is 12.6 Å². The molecular formula is C15H19N3O3. The Labute approximate surface area is 123 Å². The molecule has 0 aliphatic rings. The smallest absolute Gasteiger partial charge is 0.308 e. The maximum absolute atomic E-state index is 12.2. The van der Waals surface area contributed by atoms with E-state index in [4.69, 9.17) is 5.11 Å². The van der Waals surface area contributed by atoms with Crippen LogP contribution >= 0.6 is 0 Å². The lowest BCUT2D eigenvalue weighted by Gasteiger charge is -2.19. The highest BCUT2D eigenvalue weighted by atomic mass is 16.4. The van der Waals surface area contributed by atoms with Crippen LogP contribution in [-0.2, 0) is 23.1 Å². The van der Waals surface area contributed by atoms with E-state index < -0.39 is 11.9 Å². The first-order valence-corrected chi connectivity index (χ1v) is 6.77. The van der Waals surface area contributed by atoms with E-state index in [1.807, 2.05) is 31.3 Å². The third kappa shape index (κ3) is 3.21. The molecule has 1 aromatic carbocycles. The van der Waals surface area contributed by atoms with Gasteiger partial charge in [0.05, 0.1) is 23.5 Å². The van der Waals surface area contributed by atoms with Crippen molar-refractivity contribution in [2.45, 2.75) is 13.3 Å². The predicted molar refractivity (Wildman–Crippen MR) is 78.9 cm³/mol. The Morgan fingerprint density at radius 3 is 2.71 bits per heavy atom. The van der Waals surface area contributed by atoms with Crippen molar-refractivity contribution in [1.82, 2.24) is 14.7 Å². The molecule has 1 N–H and O–H groups in total. The van der Waals surface area contributed by atoms with E-state index in [1.54, 1.807) is 18.7 Å². The topological polar surface area (TPSA) is 75.4 Å². The molecule has 6 nitrogen and oxygen atoms in total. The van der Waals surface area contributed by atoms with E-state index >= 15 is 0 Å². The lowest BCUT2D eigenvalue weighted by atomic mass is 10.1. The Morgan fingerprint density at radius 1 is 1.38 bits per heavy atom. The number of aliphatic carboxylic acids is 1. The van der Waals surface area contributed by atoms with E-state index in [0.29, 0.717) is 5.69 Å². The lowest BCUT2D eigenvalue weighted by molar-refractivity contribution is -0.142. The number of rotatable bonds is 5. The van der Waals surface area contributed by atoms with Gasteiger partial charge in [-0.1, -0.05) is 25.1 Å². The number of hydrogen-bond acceptors (Lipinski definition) is 3. The fourth-order valence-corrected chi connectivity index (χ4v) is 2.29. The van der Waals surface area contributed by atoms with Crippen molar-refractivity contribution < 1.29 is 14.7 Å². The zero-order valence-corrected chi connectivity index (χ0v) is 12.4. The maximum Gasteiger partial charge on any atom is 0.308 e. The molecule has 1 unspecified atom stereocenters. The summed E-state index contributed by atoms with van der Waals surface area (Å²) in [5.41, 5.74) is 1.69. The van der Waals surface area contributed by atoms with E-state index in [2.05, 4.69) is 5.10 Å². The molecular weight excluding hydrogens is 270 g/mol. The molecule has 6 heteroatoms. The number of aromatic nitrogens is 2. The Balaban J connectivity index is 2.13. The highest BCUT2D eigenvalue weighted by Crippen LogP contribution is 2.18. The van der Waals surface area contributed by atoms with Gasteiger partial charge in [0.2, 0.25) is 5.91 Å². The number of aryl methyl sites for hydroxylation is 1. The highest BCUT2D eigenvalue weighted by molar-refractivity contribution is 5.87. The Bertz CT molecular complexity index is 678. The molecule has 0 spiro atoms. The molecule has 0 saturated carbocycles. The van der Waals surface area contributed by atoms with Gasteiger partial charge in [-0.2, -0.15) is 5.10 Å². The van der Waals surface area contributed by atoms with E-state index in [9.17, 15) is 9.59 Å². The molecule has 2 aromatic rings. The third-order valence-electron chi connectivity index (χ3n) is 3.55. The van der Waals surface area contributed by atoms with E-state index in [1.165, 1.54) is 4.90 Å². The van der Waals surface area contributed by atoms with Gasteiger partial charge in [-0.25, -0.2) is 0 Å². The lowest BCUT2D eigenvalue weighted by Crippen LogP contribution is -2.34. The predicted octanol–water partition coefficient (Wildman–Crippen LogP) is 1.29. The van der Waals surface area contributed by atoms with E-state index in [0.717, 1.165) is 10.9 Å². The van der Waals surface area contributed by atoms with Gasteiger partial charge in [0.15, 0.2) is 0 Å². The summed E-state index contributed by atoms with van der Waals surface area (Å²) in [4.78, 5) is 24.5. The minimum Gasteiger partial charge on any atom is -0.481 e. The standard InChI is InChI=1S/C15H19N3O3/c1-10(15(20)21)9-17(2)14(19)8-12-11-6-4-5-7-13(11)18(3)16-12/h4-7,10H,8-9H2,1-3H3,(H,20,21). The summed E-state index contributed by atoms with van der Waals surface area (Å²) in [6.45, 7) is 1.78. The van der Waals surface area contributed by atoms with Crippen LogP contribution in [0, 0.1) is 5.92 Å². The fourth-order valence-electron chi connectivity index (χ4n) is 2.29. The molecule has 0 bridgehead atoms. The molecule has 112 valence electrons. The molecule has 0 aliphatic carbocycles. The van der Waals surface area contributed by atoms with Crippen LogP contribution in [0.3, 0.4) is 0 Å². The molecule has 1 heterocycles. The zero-order chi connectivity index (χ0) is 15.6. The van der Waals surface area contributed by atoms with Gasteiger partial charge in [0, 0.05) is 26.0 Å². The highest BCUT2D eigenvalue weighted by Gasteiger charge is 2.19. The van der Waals surface area contributed by atoms with Crippen LogP contribution in [-0.4, -0.2) is 45.3 Å². The van der Waals surface area contributed by atoms with Crippen LogP contribution in [0.4, 0.5) is 0 Å². The van der Waals surface area contributed by atoms with Gasteiger partial charge in [-0.15, -0.1) is 0 Å². The number of fused-ring (bicyclic) bond motifs is 1. The molecule has 1 amide bonds. The minimum absolute atomic E-state index is 0.132. The average molecular weight is 289 g/mol.